The highest BCUT2D eigenvalue weighted by molar-refractivity contribution is 5.81. The molecule has 1 amide bonds. The Kier molecular flexibility index (Phi) is 6.98. The second kappa shape index (κ2) is 7.59. The number of nitrogens with two attached hydrogens (primary N) is 1. The fourth-order valence-electron chi connectivity index (χ4n) is 0.848. The van der Waals surface area contributed by atoms with Gasteiger partial charge in [-0.3, -0.25) is 4.79 Å². The Labute approximate surface area is 78.8 Å². The summed E-state index contributed by atoms with van der Waals surface area (Å²) in [4.78, 5) is 11.1. The molecule has 0 aliphatic rings. The van der Waals surface area contributed by atoms with Gasteiger partial charge in [-0.25, -0.2) is 0 Å². The average Bonchev–Trinajstić information content (AvgIpc) is 2.14. The Hall–Kier alpha value is -1.05. The summed E-state index contributed by atoms with van der Waals surface area (Å²) in [5.74, 6) is 2.11. The molecule has 0 aromatic rings. The number of hydrogen-bond donors (Lipinski definition) is 2. The molecule has 0 heterocycles. The molecule has 0 bridgehead atoms. The van der Waals surface area contributed by atoms with Gasteiger partial charge >= 0.3 is 0 Å². The minimum absolute atomic E-state index is 0.200. The molecule has 0 rings (SSSR count). The topological polar surface area (TPSA) is 64.4 Å². The first-order valence-corrected chi connectivity index (χ1v) is 4.18. The number of nitrogens with one attached hydrogen (secondary N) is 1. The molecule has 1 atom stereocenters. The molecule has 0 radical (unpaired) electrons. The third-order valence-electron chi connectivity index (χ3n) is 1.57. The van der Waals surface area contributed by atoms with E-state index in [0.717, 1.165) is 6.42 Å². The van der Waals surface area contributed by atoms with Crippen LogP contribution in [0.3, 0.4) is 0 Å². The van der Waals surface area contributed by atoms with E-state index in [-0.39, 0.29) is 12.5 Å². The lowest BCUT2D eigenvalue weighted by atomic mass is 10.1. The molecular weight excluding hydrogens is 168 g/mol. The third kappa shape index (κ3) is 6.14. The zero-order valence-electron chi connectivity index (χ0n) is 7.88. The molecule has 0 aromatic carbocycles. The molecule has 0 fully saturated rings. The molecular formula is C9H16N2O2. The minimum Gasteiger partial charge on any atom is -0.385 e. The van der Waals surface area contributed by atoms with Gasteiger partial charge in [0.2, 0.25) is 5.91 Å². The first-order valence-electron chi connectivity index (χ1n) is 4.18. The van der Waals surface area contributed by atoms with E-state index in [4.69, 9.17) is 16.9 Å². The van der Waals surface area contributed by atoms with Crippen LogP contribution in [-0.2, 0) is 9.53 Å². The van der Waals surface area contributed by atoms with Gasteiger partial charge in [0.1, 0.15) is 0 Å². The van der Waals surface area contributed by atoms with E-state index >= 15 is 0 Å². The van der Waals surface area contributed by atoms with Crippen LogP contribution in [0, 0.1) is 12.3 Å². The van der Waals surface area contributed by atoms with Crippen molar-refractivity contribution in [2.45, 2.75) is 18.9 Å². The highest BCUT2D eigenvalue weighted by Crippen LogP contribution is 1.94. The van der Waals surface area contributed by atoms with E-state index in [1.54, 1.807) is 7.11 Å². The predicted molar refractivity (Wildman–Crippen MR) is 50.9 cm³/mol. The van der Waals surface area contributed by atoms with Gasteiger partial charge < -0.3 is 15.8 Å². The van der Waals surface area contributed by atoms with E-state index in [9.17, 15) is 4.79 Å². The fourth-order valence-corrected chi connectivity index (χ4v) is 0.848. The highest BCUT2D eigenvalue weighted by Gasteiger charge is 2.11. The second-order valence-electron chi connectivity index (χ2n) is 2.66. The normalized spacial score (nSPS) is 11.8. The van der Waals surface area contributed by atoms with Gasteiger partial charge in [0.25, 0.3) is 0 Å². The first-order chi connectivity index (χ1) is 6.22. The van der Waals surface area contributed by atoms with Crippen LogP contribution >= 0.6 is 0 Å². The smallest absolute Gasteiger partial charge is 0.237 e. The summed E-state index contributed by atoms with van der Waals surface area (Å²) in [6.07, 6.45) is 6.37. The quantitative estimate of drug-likeness (QED) is 0.431. The van der Waals surface area contributed by atoms with E-state index in [0.29, 0.717) is 13.0 Å². The number of carbonyl (C=O) groups excluding carboxylic acids is 1. The molecule has 0 aromatic heterocycles. The Morgan fingerprint density at radius 1 is 1.77 bits per heavy atom. The number of amides is 1. The Morgan fingerprint density at radius 3 is 3.00 bits per heavy atom. The van der Waals surface area contributed by atoms with Crippen LogP contribution in [0.5, 0.6) is 0 Å². The van der Waals surface area contributed by atoms with Crippen molar-refractivity contribution in [3.8, 4) is 12.3 Å². The van der Waals surface area contributed by atoms with Crippen molar-refractivity contribution in [1.29, 1.82) is 0 Å². The van der Waals surface area contributed by atoms with E-state index in [2.05, 4.69) is 11.2 Å². The average molecular weight is 184 g/mol. The molecule has 1 unspecified atom stereocenters. The van der Waals surface area contributed by atoms with E-state index < -0.39 is 6.04 Å². The molecule has 0 saturated carbocycles. The van der Waals surface area contributed by atoms with Crippen molar-refractivity contribution >= 4 is 5.91 Å². The standard InChI is InChI=1S/C9H16N2O2/c1-3-6-11-9(12)8(10)5-4-7-13-2/h1,8H,4-7,10H2,2H3,(H,11,12). The van der Waals surface area contributed by atoms with Crippen LogP contribution in [-0.4, -0.2) is 32.2 Å². The molecule has 4 heteroatoms. The zero-order chi connectivity index (χ0) is 10.1. The molecule has 0 aliphatic carbocycles. The number of rotatable bonds is 6. The van der Waals surface area contributed by atoms with Crippen LogP contribution in [0.2, 0.25) is 0 Å². The summed E-state index contributed by atoms with van der Waals surface area (Å²) in [6.45, 7) is 0.854. The van der Waals surface area contributed by atoms with Crippen molar-refractivity contribution in [1.82, 2.24) is 5.32 Å². The maximum absolute atomic E-state index is 11.1. The molecule has 13 heavy (non-hydrogen) atoms. The monoisotopic (exact) mass is 184 g/mol. The van der Waals surface area contributed by atoms with E-state index in [1.807, 2.05) is 0 Å². The molecule has 4 nitrogen and oxygen atoms in total. The fraction of sp³-hybridized carbons (Fsp3) is 0.667. The summed E-state index contributed by atoms with van der Waals surface area (Å²) in [7, 11) is 1.62. The lowest BCUT2D eigenvalue weighted by Gasteiger charge is -2.09. The maximum atomic E-state index is 11.1. The highest BCUT2D eigenvalue weighted by atomic mass is 16.5. The molecule has 0 aliphatic heterocycles. The number of methoxy groups -OCH3 is 1. The van der Waals surface area contributed by atoms with Crippen molar-refractivity contribution in [2.24, 2.45) is 5.73 Å². The summed E-state index contributed by atoms with van der Waals surface area (Å²) in [5.41, 5.74) is 5.56. The van der Waals surface area contributed by atoms with Gasteiger partial charge in [0, 0.05) is 13.7 Å². The van der Waals surface area contributed by atoms with Gasteiger partial charge in [0.05, 0.1) is 12.6 Å². The number of hydrogen-bond acceptors (Lipinski definition) is 3. The third-order valence-corrected chi connectivity index (χ3v) is 1.57. The summed E-state index contributed by atoms with van der Waals surface area (Å²) >= 11 is 0. The molecule has 74 valence electrons. The molecule has 0 spiro atoms. The van der Waals surface area contributed by atoms with Crippen molar-refractivity contribution < 1.29 is 9.53 Å². The van der Waals surface area contributed by atoms with E-state index in [1.165, 1.54) is 0 Å². The Balaban J connectivity index is 3.52. The molecule has 0 saturated heterocycles. The van der Waals surface area contributed by atoms with Gasteiger partial charge in [0.15, 0.2) is 0 Å². The van der Waals surface area contributed by atoms with Crippen molar-refractivity contribution in [3.63, 3.8) is 0 Å². The second-order valence-corrected chi connectivity index (χ2v) is 2.66. The van der Waals surface area contributed by atoms with Crippen molar-refractivity contribution in [2.75, 3.05) is 20.3 Å². The summed E-state index contributed by atoms with van der Waals surface area (Å²) in [5, 5.41) is 2.52. The number of terminal acetylenes is 1. The number of ether oxygens (including phenoxy) is 1. The Bertz CT molecular complexity index is 187. The van der Waals surface area contributed by atoms with Crippen LogP contribution in [0.15, 0.2) is 0 Å². The largest absolute Gasteiger partial charge is 0.385 e. The van der Waals surface area contributed by atoms with Gasteiger partial charge in [-0.05, 0) is 12.8 Å². The van der Waals surface area contributed by atoms with Gasteiger partial charge in [-0.1, -0.05) is 5.92 Å². The zero-order valence-corrected chi connectivity index (χ0v) is 7.88. The Morgan fingerprint density at radius 2 is 2.46 bits per heavy atom. The summed E-state index contributed by atoms with van der Waals surface area (Å²) < 4.78 is 4.83. The van der Waals surface area contributed by atoms with Crippen molar-refractivity contribution in [3.05, 3.63) is 0 Å². The number of carbonyl (C=O) groups is 1. The maximum Gasteiger partial charge on any atom is 0.237 e. The summed E-state index contributed by atoms with van der Waals surface area (Å²) in [6, 6.07) is -0.483. The van der Waals surface area contributed by atoms with Crippen LogP contribution in [0.4, 0.5) is 0 Å². The lowest BCUT2D eigenvalue weighted by Crippen LogP contribution is -2.40. The first kappa shape index (κ1) is 11.9. The molecule has 3 N–H and O–H groups in total. The SMILES string of the molecule is C#CCNC(=O)C(N)CCCOC. The minimum atomic E-state index is -0.483. The van der Waals surface area contributed by atoms with Crippen LogP contribution in [0.1, 0.15) is 12.8 Å². The van der Waals surface area contributed by atoms with Gasteiger partial charge in [-0.15, -0.1) is 6.42 Å². The van der Waals surface area contributed by atoms with Gasteiger partial charge in [-0.2, -0.15) is 0 Å². The lowest BCUT2D eigenvalue weighted by molar-refractivity contribution is -0.122. The van der Waals surface area contributed by atoms with Crippen LogP contribution in [0.25, 0.3) is 0 Å². The predicted octanol–water partition coefficient (Wildman–Crippen LogP) is -0.510. The van der Waals surface area contributed by atoms with Crippen LogP contribution < -0.4 is 11.1 Å².